The van der Waals surface area contributed by atoms with E-state index in [1.165, 1.54) is 17.0 Å². The molecule has 1 aliphatic heterocycles. The van der Waals surface area contributed by atoms with Crippen LogP contribution >= 0.6 is 0 Å². The molecule has 144 valence electrons. The third-order valence-electron chi connectivity index (χ3n) is 4.87. The van der Waals surface area contributed by atoms with Crippen molar-refractivity contribution >= 4 is 23.8 Å². The van der Waals surface area contributed by atoms with Crippen LogP contribution in [0.4, 0.5) is 4.79 Å². The van der Waals surface area contributed by atoms with E-state index >= 15 is 0 Å². The largest absolute Gasteiger partial charge is 0.480 e. The predicted molar refractivity (Wildman–Crippen MR) is 99.0 cm³/mol. The van der Waals surface area contributed by atoms with Crippen LogP contribution in [0.25, 0.3) is 0 Å². The number of imide groups is 1. The van der Waals surface area contributed by atoms with Gasteiger partial charge in [0.1, 0.15) is 12.1 Å². The molecule has 4 amide bonds. The van der Waals surface area contributed by atoms with Gasteiger partial charge in [0.15, 0.2) is 0 Å². The third kappa shape index (κ3) is 3.20. The summed E-state index contributed by atoms with van der Waals surface area (Å²) in [5.74, 6) is -2.53. The molecule has 1 heterocycles. The van der Waals surface area contributed by atoms with Crippen molar-refractivity contribution in [3.05, 3.63) is 71.3 Å². The summed E-state index contributed by atoms with van der Waals surface area (Å²) in [7, 11) is 0. The van der Waals surface area contributed by atoms with Crippen LogP contribution in [-0.4, -0.2) is 45.3 Å². The first-order valence-electron chi connectivity index (χ1n) is 8.54. The number of rotatable bonds is 6. The fourth-order valence-electron chi connectivity index (χ4n) is 3.31. The van der Waals surface area contributed by atoms with Gasteiger partial charge in [-0.3, -0.25) is 19.3 Å². The monoisotopic (exact) mass is 381 g/mol. The molecule has 0 aliphatic carbocycles. The van der Waals surface area contributed by atoms with Crippen molar-refractivity contribution in [1.82, 2.24) is 9.80 Å². The molecule has 28 heavy (non-hydrogen) atoms. The van der Waals surface area contributed by atoms with Crippen molar-refractivity contribution in [2.75, 3.05) is 6.54 Å². The first-order chi connectivity index (χ1) is 13.2. The van der Waals surface area contributed by atoms with Crippen molar-refractivity contribution in [2.24, 2.45) is 5.73 Å². The molecule has 0 radical (unpaired) electrons. The summed E-state index contributed by atoms with van der Waals surface area (Å²) in [5.41, 5.74) is 5.36. The van der Waals surface area contributed by atoms with E-state index in [4.69, 9.17) is 10.8 Å². The highest BCUT2D eigenvalue weighted by atomic mass is 16.4. The average molecular weight is 381 g/mol. The number of nitrogens with two attached hydrogens (primary N) is 1. The van der Waals surface area contributed by atoms with E-state index in [2.05, 4.69) is 0 Å². The number of hydrogen-bond acceptors (Lipinski definition) is 4. The molecule has 1 unspecified atom stereocenters. The van der Waals surface area contributed by atoms with Gasteiger partial charge in [0.05, 0.1) is 0 Å². The highest BCUT2D eigenvalue weighted by Gasteiger charge is 2.55. The molecule has 3 N–H and O–H groups in total. The Morgan fingerprint density at radius 1 is 1.04 bits per heavy atom. The number of benzene rings is 2. The summed E-state index contributed by atoms with van der Waals surface area (Å²) in [6, 6.07) is 14.4. The van der Waals surface area contributed by atoms with Crippen molar-refractivity contribution in [3.8, 4) is 0 Å². The molecule has 1 saturated heterocycles. The van der Waals surface area contributed by atoms with Crippen LogP contribution < -0.4 is 5.73 Å². The molecular weight excluding hydrogens is 362 g/mol. The zero-order valence-electron chi connectivity index (χ0n) is 15.2. The molecule has 0 aromatic heterocycles. The van der Waals surface area contributed by atoms with Crippen LogP contribution in [0.5, 0.6) is 0 Å². The van der Waals surface area contributed by atoms with Gasteiger partial charge in [0.25, 0.3) is 5.91 Å². The first-order valence-corrected chi connectivity index (χ1v) is 8.54. The molecule has 2 aromatic rings. The van der Waals surface area contributed by atoms with E-state index in [9.17, 15) is 19.2 Å². The van der Waals surface area contributed by atoms with Crippen LogP contribution in [0.2, 0.25) is 0 Å². The third-order valence-corrected chi connectivity index (χ3v) is 4.87. The Labute approximate surface area is 161 Å². The number of primary amides is 1. The first kappa shape index (κ1) is 19.1. The maximum absolute atomic E-state index is 13.1. The highest BCUT2D eigenvalue weighted by Crippen LogP contribution is 2.38. The highest BCUT2D eigenvalue weighted by molar-refractivity contribution is 6.08. The molecular formula is C20H19N3O5. The van der Waals surface area contributed by atoms with Gasteiger partial charge in [-0.25, -0.2) is 4.79 Å². The van der Waals surface area contributed by atoms with E-state index in [0.29, 0.717) is 5.56 Å². The lowest BCUT2D eigenvalue weighted by molar-refractivity contribution is -0.143. The Morgan fingerprint density at radius 2 is 1.64 bits per heavy atom. The van der Waals surface area contributed by atoms with Crippen LogP contribution in [0.15, 0.2) is 54.6 Å². The second-order valence-electron chi connectivity index (χ2n) is 6.65. The minimum absolute atomic E-state index is 0.121. The van der Waals surface area contributed by atoms with Crippen LogP contribution in [-0.2, 0) is 21.7 Å². The Kier molecular flexibility index (Phi) is 4.87. The van der Waals surface area contributed by atoms with Crippen LogP contribution in [0.1, 0.15) is 28.4 Å². The molecule has 0 bridgehead atoms. The molecule has 8 heteroatoms. The van der Waals surface area contributed by atoms with Crippen LogP contribution in [0, 0.1) is 0 Å². The minimum atomic E-state index is -1.42. The van der Waals surface area contributed by atoms with E-state index in [1.807, 2.05) is 30.3 Å². The SMILES string of the molecule is CC1(c2ccc(C(N)=O)cc2)C(=O)N(CC(=O)O)C(=O)N1Cc1ccccc1. The lowest BCUT2D eigenvalue weighted by Gasteiger charge is -2.32. The number of aliphatic carboxylic acids is 1. The van der Waals surface area contributed by atoms with Gasteiger partial charge in [-0.1, -0.05) is 42.5 Å². The summed E-state index contributed by atoms with van der Waals surface area (Å²) in [4.78, 5) is 50.6. The van der Waals surface area contributed by atoms with E-state index in [0.717, 1.165) is 10.5 Å². The summed E-state index contributed by atoms with van der Waals surface area (Å²) >= 11 is 0. The Morgan fingerprint density at radius 3 is 2.18 bits per heavy atom. The fourth-order valence-corrected chi connectivity index (χ4v) is 3.31. The topological polar surface area (TPSA) is 121 Å². The quantitative estimate of drug-likeness (QED) is 0.736. The minimum Gasteiger partial charge on any atom is -0.480 e. The van der Waals surface area contributed by atoms with Crippen molar-refractivity contribution in [1.29, 1.82) is 0 Å². The second kappa shape index (κ2) is 7.15. The molecule has 3 rings (SSSR count). The van der Waals surface area contributed by atoms with E-state index in [1.54, 1.807) is 19.1 Å². The Bertz CT molecular complexity index is 942. The number of carboxylic acid groups (broad SMARTS) is 1. The molecule has 1 aliphatic rings. The lowest BCUT2D eigenvalue weighted by Crippen LogP contribution is -2.44. The molecule has 1 fully saturated rings. The Hall–Kier alpha value is -3.68. The zero-order chi connectivity index (χ0) is 20.5. The predicted octanol–water partition coefficient (Wildman–Crippen LogP) is 1.55. The smallest absolute Gasteiger partial charge is 0.328 e. The standard InChI is InChI=1S/C20H19N3O5/c1-20(15-9-7-14(8-10-15)17(21)26)18(27)22(12-16(24)25)19(28)23(20)11-13-5-3-2-4-6-13/h2-10H,11-12H2,1H3,(H2,21,26)(H,24,25). The summed E-state index contributed by atoms with van der Waals surface area (Å²) in [5, 5.41) is 9.11. The number of amides is 4. The summed E-state index contributed by atoms with van der Waals surface area (Å²) < 4.78 is 0. The fraction of sp³-hybridized carbons (Fsp3) is 0.200. The summed E-state index contributed by atoms with van der Waals surface area (Å²) in [6.45, 7) is 0.963. The van der Waals surface area contributed by atoms with Gasteiger partial charge < -0.3 is 15.7 Å². The number of carboxylic acids is 1. The van der Waals surface area contributed by atoms with E-state index in [-0.39, 0.29) is 12.1 Å². The zero-order valence-corrected chi connectivity index (χ0v) is 15.2. The summed E-state index contributed by atoms with van der Waals surface area (Å²) in [6.07, 6.45) is 0. The number of carbonyl (C=O) groups is 4. The maximum Gasteiger partial charge on any atom is 0.328 e. The maximum atomic E-state index is 13.1. The Balaban J connectivity index is 2.06. The van der Waals surface area contributed by atoms with Gasteiger partial charge in [0, 0.05) is 12.1 Å². The molecule has 0 spiro atoms. The van der Waals surface area contributed by atoms with Gasteiger partial charge in [-0.2, -0.15) is 0 Å². The van der Waals surface area contributed by atoms with E-state index < -0.39 is 35.9 Å². The van der Waals surface area contributed by atoms with Crippen LogP contribution in [0.3, 0.4) is 0 Å². The lowest BCUT2D eigenvalue weighted by atomic mass is 9.89. The number of hydrogen-bond donors (Lipinski definition) is 2. The number of nitrogens with zero attached hydrogens (tertiary/aromatic N) is 2. The average Bonchev–Trinajstić information content (AvgIpc) is 2.85. The normalized spacial score (nSPS) is 19.2. The van der Waals surface area contributed by atoms with Crippen molar-refractivity contribution in [2.45, 2.75) is 19.0 Å². The molecule has 0 saturated carbocycles. The molecule has 2 aromatic carbocycles. The van der Waals surface area contributed by atoms with Crippen molar-refractivity contribution in [3.63, 3.8) is 0 Å². The van der Waals surface area contributed by atoms with Gasteiger partial charge in [-0.15, -0.1) is 0 Å². The second-order valence-corrected chi connectivity index (χ2v) is 6.65. The molecule has 1 atom stereocenters. The van der Waals surface area contributed by atoms with Crippen molar-refractivity contribution < 1.29 is 24.3 Å². The van der Waals surface area contributed by atoms with Gasteiger partial charge in [0.2, 0.25) is 5.91 Å². The number of carbonyl (C=O) groups excluding carboxylic acids is 3. The van der Waals surface area contributed by atoms with Gasteiger partial charge in [-0.05, 0) is 30.2 Å². The molecule has 8 nitrogen and oxygen atoms in total. The van der Waals surface area contributed by atoms with Gasteiger partial charge >= 0.3 is 12.0 Å². The number of urea groups is 1.